The van der Waals surface area contributed by atoms with Gasteiger partial charge in [0.1, 0.15) is 5.82 Å². The van der Waals surface area contributed by atoms with E-state index in [-0.39, 0.29) is 5.91 Å². The van der Waals surface area contributed by atoms with Crippen molar-refractivity contribution in [3.63, 3.8) is 0 Å². The highest BCUT2D eigenvalue weighted by Crippen LogP contribution is 2.13. The predicted octanol–water partition coefficient (Wildman–Crippen LogP) is 1.13. The number of pyridine rings is 1. The second kappa shape index (κ2) is 8.06. The van der Waals surface area contributed by atoms with Gasteiger partial charge in [0.15, 0.2) is 0 Å². The second-order valence-electron chi connectivity index (χ2n) is 3.84. The molecule has 0 bridgehead atoms. The number of nitrogens with one attached hydrogen (secondary N) is 1. The summed E-state index contributed by atoms with van der Waals surface area (Å²) in [6.07, 6.45) is 1.92. The highest BCUT2D eigenvalue weighted by molar-refractivity contribution is 5.98. The average molecular weight is 262 g/mol. The summed E-state index contributed by atoms with van der Waals surface area (Å²) in [5.74, 6) is 0.386. The van der Waals surface area contributed by atoms with E-state index in [2.05, 4.69) is 10.3 Å². The van der Waals surface area contributed by atoms with Crippen LogP contribution in [0.1, 0.15) is 16.8 Å². The van der Waals surface area contributed by atoms with Crippen LogP contribution in [0.25, 0.3) is 0 Å². The molecule has 0 aliphatic carbocycles. The molecule has 0 saturated heterocycles. The highest BCUT2D eigenvalue weighted by Gasteiger charge is 2.18. The van der Waals surface area contributed by atoms with Gasteiger partial charge in [-0.15, -0.1) is 0 Å². The van der Waals surface area contributed by atoms with E-state index in [1.807, 2.05) is 6.07 Å². The number of anilines is 1. The minimum Gasteiger partial charge on any atom is -0.383 e. The predicted molar refractivity (Wildman–Crippen MR) is 71.8 cm³/mol. The minimum absolute atomic E-state index is 0.148. The molecule has 0 saturated carbocycles. The monoisotopic (exact) mass is 262 g/mol. The summed E-state index contributed by atoms with van der Waals surface area (Å²) in [6.45, 7) is 1.28. The maximum atomic E-state index is 12.4. The van der Waals surface area contributed by atoms with Crippen molar-refractivity contribution in [3.05, 3.63) is 23.9 Å². The fourth-order valence-corrected chi connectivity index (χ4v) is 1.65. The molecule has 6 nitrogen and oxygen atoms in total. The van der Waals surface area contributed by atoms with Gasteiger partial charge >= 0.3 is 0 Å². The van der Waals surface area contributed by atoms with Crippen molar-refractivity contribution in [2.75, 3.05) is 39.2 Å². The molecule has 0 fully saturated rings. The number of nitriles is 1. The first kappa shape index (κ1) is 14.9. The molecule has 1 heterocycles. The smallest absolute Gasteiger partial charge is 0.257 e. The molecule has 6 heteroatoms. The van der Waals surface area contributed by atoms with Crippen molar-refractivity contribution >= 4 is 11.7 Å². The summed E-state index contributed by atoms with van der Waals surface area (Å²) >= 11 is 0. The third-order valence-electron chi connectivity index (χ3n) is 2.62. The number of amides is 1. The van der Waals surface area contributed by atoms with Crippen LogP contribution < -0.4 is 5.32 Å². The summed E-state index contributed by atoms with van der Waals surface area (Å²) in [4.78, 5) is 18.1. The van der Waals surface area contributed by atoms with Gasteiger partial charge in [-0.3, -0.25) is 4.79 Å². The van der Waals surface area contributed by atoms with E-state index in [0.29, 0.717) is 37.5 Å². The highest BCUT2D eigenvalue weighted by atomic mass is 16.5. The fourth-order valence-electron chi connectivity index (χ4n) is 1.65. The molecule has 102 valence electrons. The van der Waals surface area contributed by atoms with Crippen LogP contribution in [0.3, 0.4) is 0 Å². The van der Waals surface area contributed by atoms with Crippen molar-refractivity contribution in [1.82, 2.24) is 9.88 Å². The number of carbonyl (C=O) groups is 1. The molecule has 0 aliphatic heterocycles. The Kier molecular flexibility index (Phi) is 6.33. The van der Waals surface area contributed by atoms with E-state index in [4.69, 9.17) is 10.00 Å². The standard InChI is InChI=1S/C13H18N4O2/c1-15-12-11(5-3-7-16-12)13(18)17(8-4-6-14)9-10-19-2/h3,5,7H,4,8-10H2,1-2H3,(H,15,16). The summed E-state index contributed by atoms with van der Waals surface area (Å²) in [6, 6.07) is 5.47. The van der Waals surface area contributed by atoms with Crippen LogP contribution in [0, 0.1) is 11.3 Å². The summed E-state index contributed by atoms with van der Waals surface area (Å²) in [7, 11) is 3.30. The summed E-state index contributed by atoms with van der Waals surface area (Å²) in [5.41, 5.74) is 0.499. The Morgan fingerprint density at radius 2 is 2.37 bits per heavy atom. The van der Waals surface area contributed by atoms with E-state index in [0.717, 1.165) is 0 Å². The van der Waals surface area contributed by atoms with Crippen LogP contribution in [0.5, 0.6) is 0 Å². The number of rotatable bonds is 7. The van der Waals surface area contributed by atoms with Crippen LogP contribution in [0.15, 0.2) is 18.3 Å². The quantitative estimate of drug-likeness (QED) is 0.796. The zero-order chi connectivity index (χ0) is 14.1. The first-order valence-electron chi connectivity index (χ1n) is 6.02. The molecule has 0 spiro atoms. The van der Waals surface area contributed by atoms with Crippen molar-refractivity contribution in [1.29, 1.82) is 5.26 Å². The summed E-state index contributed by atoms with van der Waals surface area (Å²) in [5, 5.41) is 11.5. The number of nitrogens with zero attached hydrogens (tertiary/aromatic N) is 3. The molecule has 1 aromatic rings. The van der Waals surface area contributed by atoms with Gasteiger partial charge in [-0.2, -0.15) is 5.26 Å². The summed E-state index contributed by atoms with van der Waals surface area (Å²) < 4.78 is 4.99. The lowest BCUT2D eigenvalue weighted by molar-refractivity contribution is 0.0700. The molecule has 0 aromatic carbocycles. The van der Waals surface area contributed by atoms with Gasteiger partial charge < -0.3 is 15.0 Å². The van der Waals surface area contributed by atoms with E-state index in [1.54, 1.807) is 37.4 Å². The molecule has 1 N–H and O–H groups in total. The Morgan fingerprint density at radius 1 is 1.58 bits per heavy atom. The Morgan fingerprint density at radius 3 is 3.00 bits per heavy atom. The Balaban J connectivity index is 2.88. The van der Waals surface area contributed by atoms with Crippen molar-refractivity contribution in [3.8, 4) is 6.07 Å². The van der Waals surface area contributed by atoms with E-state index < -0.39 is 0 Å². The van der Waals surface area contributed by atoms with Crippen LogP contribution in [0.4, 0.5) is 5.82 Å². The van der Waals surface area contributed by atoms with E-state index in [9.17, 15) is 4.79 Å². The SMILES string of the molecule is CNc1ncccc1C(=O)N(CCC#N)CCOC. The third kappa shape index (κ3) is 4.23. The van der Waals surface area contributed by atoms with Crippen molar-refractivity contribution in [2.45, 2.75) is 6.42 Å². The Hall–Kier alpha value is -2.13. The molecule has 19 heavy (non-hydrogen) atoms. The van der Waals surface area contributed by atoms with Gasteiger partial charge in [-0.1, -0.05) is 0 Å². The number of methoxy groups -OCH3 is 1. The third-order valence-corrected chi connectivity index (χ3v) is 2.62. The first-order chi connectivity index (χ1) is 9.24. The number of carbonyl (C=O) groups excluding carboxylic acids is 1. The molecule has 1 aromatic heterocycles. The lowest BCUT2D eigenvalue weighted by Gasteiger charge is -2.22. The molecular weight excluding hydrogens is 244 g/mol. The molecule has 0 aliphatic rings. The molecule has 0 radical (unpaired) electrons. The van der Waals surface area contributed by atoms with Gasteiger partial charge in [-0.25, -0.2) is 4.98 Å². The van der Waals surface area contributed by atoms with E-state index >= 15 is 0 Å². The lowest BCUT2D eigenvalue weighted by atomic mass is 10.2. The Bertz CT molecular complexity index is 456. The molecule has 0 atom stereocenters. The van der Waals surface area contributed by atoms with Crippen LogP contribution in [-0.2, 0) is 4.74 Å². The van der Waals surface area contributed by atoms with Gasteiger partial charge in [0.2, 0.25) is 0 Å². The van der Waals surface area contributed by atoms with Gasteiger partial charge in [0.25, 0.3) is 5.91 Å². The first-order valence-corrected chi connectivity index (χ1v) is 6.02. The van der Waals surface area contributed by atoms with Gasteiger partial charge in [0, 0.05) is 33.4 Å². The average Bonchev–Trinajstić information content (AvgIpc) is 2.46. The minimum atomic E-state index is -0.148. The molecular formula is C13H18N4O2. The number of aromatic nitrogens is 1. The zero-order valence-electron chi connectivity index (χ0n) is 11.2. The number of hydrogen-bond donors (Lipinski definition) is 1. The number of hydrogen-bond acceptors (Lipinski definition) is 5. The maximum absolute atomic E-state index is 12.4. The van der Waals surface area contributed by atoms with Gasteiger partial charge in [-0.05, 0) is 12.1 Å². The molecule has 1 amide bonds. The fraction of sp³-hybridized carbons (Fsp3) is 0.462. The van der Waals surface area contributed by atoms with Crippen LogP contribution >= 0.6 is 0 Å². The van der Waals surface area contributed by atoms with E-state index in [1.165, 1.54) is 0 Å². The lowest BCUT2D eigenvalue weighted by Crippen LogP contribution is -2.35. The van der Waals surface area contributed by atoms with Crippen molar-refractivity contribution in [2.24, 2.45) is 0 Å². The number of ether oxygens (including phenoxy) is 1. The maximum Gasteiger partial charge on any atom is 0.257 e. The van der Waals surface area contributed by atoms with Crippen LogP contribution in [0.2, 0.25) is 0 Å². The second-order valence-corrected chi connectivity index (χ2v) is 3.84. The normalized spacial score (nSPS) is 9.74. The Labute approximate surface area is 113 Å². The topological polar surface area (TPSA) is 78.3 Å². The zero-order valence-corrected chi connectivity index (χ0v) is 11.2. The van der Waals surface area contributed by atoms with Crippen molar-refractivity contribution < 1.29 is 9.53 Å². The molecule has 1 rings (SSSR count). The largest absolute Gasteiger partial charge is 0.383 e. The van der Waals surface area contributed by atoms with Crippen LogP contribution in [-0.4, -0.2) is 49.6 Å². The molecule has 0 unspecified atom stereocenters. The van der Waals surface area contributed by atoms with Gasteiger partial charge in [0.05, 0.1) is 24.7 Å².